The van der Waals surface area contributed by atoms with Crippen LogP contribution in [0.3, 0.4) is 0 Å². The summed E-state index contributed by atoms with van der Waals surface area (Å²) in [7, 11) is -1.76. The number of carbonyl (C=O) groups is 1. The first kappa shape index (κ1) is 31.4. The summed E-state index contributed by atoms with van der Waals surface area (Å²) in [6, 6.07) is 11.4. The molecule has 0 saturated heterocycles. The lowest BCUT2D eigenvalue weighted by atomic mass is 9.64. The van der Waals surface area contributed by atoms with Crippen molar-refractivity contribution in [2.45, 2.75) is 63.4 Å². The molecule has 0 amide bonds. The lowest BCUT2D eigenvalue weighted by Crippen LogP contribution is -2.50. The second-order valence-electron chi connectivity index (χ2n) is 13.4. The third kappa shape index (κ3) is 6.13. The molecule has 1 aliphatic heterocycles. The Bertz CT molecular complexity index is 1560. The fraction of sp³-hybridized carbons (Fsp3) is 0.559. The standard InChI is InChI=1S/C34H43ClN2O6S/c1-3-21(18-44(36,40)41)25-13-26(14-25)32(42-2)28-9-6-24(28)17-37-19-34(12-4-5-22-15-27(35)8-10-29(22)34)20-43-31-11-7-23(33(38)39)16-30(31)37/h7-8,10-11,13,15-16,21,24-25,28,32H,3-6,9,12,14,17-20H2,1-2H3,(H,38,39)(H2,36,40,41)/t21-,24+,25-,28-,32+,34+/m1/s1. The van der Waals surface area contributed by atoms with Crippen molar-refractivity contribution in [2.24, 2.45) is 28.8 Å². The smallest absolute Gasteiger partial charge is 0.335 e. The van der Waals surface area contributed by atoms with Gasteiger partial charge in [0.25, 0.3) is 0 Å². The molecule has 44 heavy (non-hydrogen) atoms. The van der Waals surface area contributed by atoms with Gasteiger partial charge >= 0.3 is 5.97 Å². The average molecular weight is 643 g/mol. The minimum absolute atomic E-state index is 0.00744. The van der Waals surface area contributed by atoms with Crippen molar-refractivity contribution in [2.75, 3.05) is 37.5 Å². The highest BCUT2D eigenvalue weighted by Crippen LogP contribution is 2.49. The second kappa shape index (κ2) is 12.3. The fourth-order valence-corrected chi connectivity index (χ4v) is 9.50. The molecule has 3 aliphatic carbocycles. The maximum absolute atomic E-state index is 12.0. The molecule has 6 rings (SSSR count). The van der Waals surface area contributed by atoms with Gasteiger partial charge in [0.15, 0.2) is 0 Å². The number of nitrogens with two attached hydrogens (primary N) is 1. The first-order valence-corrected chi connectivity index (χ1v) is 17.9. The van der Waals surface area contributed by atoms with Crippen LogP contribution >= 0.6 is 11.6 Å². The molecule has 1 spiro atoms. The van der Waals surface area contributed by atoms with E-state index in [1.54, 1.807) is 25.3 Å². The van der Waals surface area contributed by atoms with Crippen LogP contribution in [0.15, 0.2) is 48.0 Å². The monoisotopic (exact) mass is 642 g/mol. The van der Waals surface area contributed by atoms with Crippen molar-refractivity contribution < 1.29 is 27.8 Å². The van der Waals surface area contributed by atoms with E-state index in [1.165, 1.54) is 16.7 Å². The highest BCUT2D eigenvalue weighted by Gasteiger charge is 2.46. The van der Waals surface area contributed by atoms with Gasteiger partial charge < -0.3 is 19.5 Å². The predicted octanol–water partition coefficient (Wildman–Crippen LogP) is 5.81. The maximum Gasteiger partial charge on any atom is 0.335 e. The van der Waals surface area contributed by atoms with Gasteiger partial charge in [-0.1, -0.05) is 37.1 Å². The van der Waals surface area contributed by atoms with E-state index in [2.05, 4.69) is 23.1 Å². The lowest BCUT2D eigenvalue weighted by molar-refractivity contribution is -0.000487. The zero-order valence-electron chi connectivity index (χ0n) is 25.5. The van der Waals surface area contributed by atoms with Gasteiger partial charge in [-0.2, -0.15) is 0 Å². The summed E-state index contributed by atoms with van der Waals surface area (Å²) >= 11 is 6.40. The van der Waals surface area contributed by atoms with Gasteiger partial charge in [-0.25, -0.2) is 18.4 Å². The van der Waals surface area contributed by atoms with E-state index in [0.29, 0.717) is 18.4 Å². The van der Waals surface area contributed by atoms with E-state index in [0.717, 1.165) is 74.5 Å². The Labute approximate surface area is 265 Å². The molecular weight excluding hydrogens is 600 g/mol. The Hall–Kier alpha value is -2.59. The van der Waals surface area contributed by atoms with Crippen LogP contribution in [0.5, 0.6) is 5.75 Å². The van der Waals surface area contributed by atoms with E-state index in [-0.39, 0.29) is 34.7 Å². The number of aryl methyl sites for hydroxylation is 1. The molecular formula is C34H43ClN2O6S. The zero-order valence-corrected chi connectivity index (χ0v) is 27.1. The molecule has 1 saturated carbocycles. The number of hydrogen-bond acceptors (Lipinski definition) is 6. The molecule has 3 N–H and O–H groups in total. The fourth-order valence-electron chi connectivity index (χ4n) is 8.22. The topological polar surface area (TPSA) is 119 Å². The Morgan fingerprint density at radius 2 is 2.05 bits per heavy atom. The molecule has 1 fully saturated rings. The molecule has 8 nitrogen and oxygen atoms in total. The number of primary sulfonamides is 1. The molecule has 6 atom stereocenters. The number of rotatable bonds is 10. The summed E-state index contributed by atoms with van der Waals surface area (Å²) in [6.07, 6.45) is 8.93. The summed E-state index contributed by atoms with van der Waals surface area (Å²) < 4.78 is 36.1. The average Bonchev–Trinajstić information content (AvgIpc) is 3.09. The zero-order chi connectivity index (χ0) is 31.2. The summed E-state index contributed by atoms with van der Waals surface area (Å²) in [6.45, 7) is 4.04. The predicted molar refractivity (Wildman–Crippen MR) is 172 cm³/mol. The van der Waals surface area contributed by atoms with Crippen molar-refractivity contribution in [3.8, 4) is 5.75 Å². The molecule has 0 radical (unpaired) electrons. The van der Waals surface area contributed by atoms with Gasteiger partial charge in [-0.15, -0.1) is 0 Å². The quantitative estimate of drug-likeness (QED) is 0.314. The number of sulfonamides is 1. The van der Waals surface area contributed by atoms with Crippen LogP contribution in [-0.2, 0) is 26.6 Å². The van der Waals surface area contributed by atoms with Gasteiger partial charge in [-0.3, -0.25) is 0 Å². The van der Waals surface area contributed by atoms with Gasteiger partial charge in [0.05, 0.1) is 29.7 Å². The van der Waals surface area contributed by atoms with Gasteiger partial charge in [0, 0.05) is 30.6 Å². The molecule has 2 aromatic rings. The second-order valence-corrected chi connectivity index (χ2v) is 15.5. The molecule has 4 aliphatic rings. The normalized spacial score (nSPS) is 27.5. The van der Waals surface area contributed by atoms with E-state index in [9.17, 15) is 18.3 Å². The number of allylic oxidation sites excluding steroid dienone is 1. The minimum Gasteiger partial charge on any atom is -0.490 e. The Balaban J connectivity index is 1.27. The summed E-state index contributed by atoms with van der Waals surface area (Å²) in [5, 5.41) is 15.9. The van der Waals surface area contributed by atoms with Crippen molar-refractivity contribution in [3.05, 3.63) is 69.8 Å². The van der Waals surface area contributed by atoms with Gasteiger partial charge in [-0.05, 0) is 109 Å². The van der Waals surface area contributed by atoms with E-state index in [4.69, 9.17) is 26.2 Å². The van der Waals surface area contributed by atoms with E-state index in [1.807, 2.05) is 13.0 Å². The van der Waals surface area contributed by atoms with Crippen molar-refractivity contribution in [1.29, 1.82) is 0 Å². The first-order chi connectivity index (χ1) is 21.0. The van der Waals surface area contributed by atoms with Crippen LogP contribution in [0.1, 0.15) is 66.9 Å². The number of carboxylic acids is 1. The number of benzene rings is 2. The number of fused-ring (bicyclic) bond motifs is 3. The van der Waals surface area contributed by atoms with E-state index >= 15 is 0 Å². The molecule has 10 heteroatoms. The number of ether oxygens (including phenoxy) is 2. The number of methoxy groups -OCH3 is 1. The molecule has 1 heterocycles. The highest BCUT2D eigenvalue weighted by molar-refractivity contribution is 7.89. The molecule has 2 aromatic carbocycles. The van der Waals surface area contributed by atoms with Crippen LogP contribution in [0.4, 0.5) is 5.69 Å². The molecule has 0 unspecified atom stereocenters. The van der Waals surface area contributed by atoms with Crippen LogP contribution in [0.25, 0.3) is 0 Å². The van der Waals surface area contributed by atoms with Crippen LogP contribution in [0.2, 0.25) is 5.02 Å². The van der Waals surface area contributed by atoms with Crippen LogP contribution < -0.4 is 14.8 Å². The Morgan fingerprint density at radius 1 is 1.25 bits per heavy atom. The lowest BCUT2D eigenvalue weighted by Gasteiger charge is -2.48. The number of hydrogen-bond donors (Lipinski definition) is 2. The van der Waals surface area contributed by atoms with Crippen molar-refractivity contribution in [1.82, 2.24) is 0 Å². The number of carboxylic acid groups (broad SMARTS) is 1. The number of halogens is 1. The molecule has 0 aromatic heterocycles. The Kier molecular flexibility index (Phi) is 8.78. The minimum atomic E-state index is -3.52. The maximum atomic E-state index is 12.0. The SMILES string of the molecule is CC[C@H](CS(N)(=O)=O)[C@@H]1C=C([C@H](OC)[C@@H]2CC[C@H]2CN2C[C@@]3(CCCc4cc(Cl)ccc43)COc3ccc(C(=O)O)cc32)C1. The summed E-state index contributed by atoms with van der Waals surface area (Å²) in [5.74, 6) is 0.679. The number of anilines is 1. The highest BCUT2D eigenvalue weighted by atomic mass is 35.5. The molecule has 238 valence electrons. The Morgan fingerprint density at radius 3 is 2.70 bits per heavy atom. The number of aromatic carboxylic acids is 1. The van der Waals surface area contributed by atoms with Gasteiger partial charge in [0.2, 0.25) is 10.0 Å². The van der Waals surface area contributed by atoms with Gasteiger partial charge in [0.1, 0.15) is 5.75 Å². The molecule has 0 bridgehead atoms. The number of nitrogens with zero attached hydrogens (tertiary/aromatic N) is 1. The summed E-state index contributed by atoms with van der Waals surface area (Å²) in [5.41, 5.74) is 4.65. The third-order valence-corrected chi connectivity index (χ3v) is 11.8. The van der Waals surface area contributed by atoms with Crippen LogP contribution in [-0.4, -0.2) is 58.2 Å². The summed E-state index contributed by atoms with van der Waals surface area (Å²) in [4.78, 5) is 14.4. The first-order valence-electron chi connectivity index (χ1n) is 15.8. The van der Waals surface area contributed by atoms with E-state index < -0.39 is 16.0 Å². The third-order valence-electron chi connectivity index (χ3n) is 10.7. The van der Waals surface area contributed by atoms with Crippen LogP contribution in [0, 0.1) is 23.7 Å². The van der Waals surface area contributed by atoms with Crippen molar-refractivity contribution >= 4 is 33.3 Å². The largest absolute Gasteiger partial charge is 0.490 e. The van der Waals surface area contributed by atoms with Crippen molar-refractivity contribution in [3.63, 3.8) is 0 Å².